The van der Waals surface area contributed by atoms with Gasteiger partial charge < -0.3 is 4.57 Å². The third-order valence-electron chi connectivity index (χ3n) is 3.59. The number of hydrogen-bond donors (Lipinski definition) is 0. The van der Waals surface area contributed by atoms with Crippen LogP contribution in [0.25, 0.3) is 0 Å². The maximum Gasteiger partial charge on any atom is 0.108 e. The van der Waals surface area contributed by atoms with E-state index in [1.54, 1.807) is 0 Å². The Morgan fingerprint density at radius 1 is 1.15 bits per heavy atom. The fraction of sp³-hybridized carbons (Fsp3) is 0.625. The van der Waals surface area contributed by atoms with Crippen molar-refractivity contribution in [3.63, 3.8) is 0 Å². The summed E-state index contributed by atoms with van der Waals surface area (Å²) in [5, 5.41) is 4.36. The Morgan fingerprint density at radius 3 is 2.50 bits per heavy atom. The molecule has 0 N–H and O–H groups in total. The van der Waals surface area contributed by atoms with Gasteiger partial charge in [-0.2, -0.15) is 5.10 Å². The fourth-order valence-electron chi connectivity index (χ4n) is 2.54. The largest absolute Gasteiger partial charge is 0.335 e. The molecular weight excluding hydrogens is 248 g/mol. The first-order valence-electron chi connectivity index (χ1n) is 7.44. The summed E-state index contributed by atoms with van der Waals surface area (Å²) < 4.78 is 4.29. The van der Waals surface area contributed by atoms with Crippen LogP contribution in [0.15, 0.2) is 18.6 Å². The van der Waals surface area contributed by atoms with Crippen molar-refractivity contribution in [1.82, 2.24) is 19.3 Å². The first-order valence-corrected chi connectivity index (χ1v) is 7.44. The number of rotatable bonds is 6. The average Bonchev–Trinajstić information content (AvgIpc) is 2.89. The molecule has 0 spiro atoms. The van der Waals surface area contributed by atoms with E-state index in [9.17, 15) is 0 Å². The molecule has 0 bridgehead atoms. The lowest BCUT2D eigenvalue weighted by molar-refractivity contribution is 0.439. The maximum atomic E-state index is 4.56. The van der Waals surface area contributed by atoms with Crippen LogP contribution in [0.2, 0.25) is 0 Å². The molecule has 2 heterocycles. The van der Waals surface area contributed by atoms with Crippen LogP contribution in [0.5, 0.6) is 0 Å². The van der Waals surface area contributed by atoms with Crippen LogP contribution >= 0.6 is 0 Å². The SMILES string of the molecule is Cc1cnn(CC(C)Cc2cnc(CC(C)C)n2C)c1. The van der Waals surface area contributed by atoms with Crippen molar-refractivity contribution in [2.45, 2.75) is 47.1 Å². The molecule has 0 aliphatic rings. The molecule has 1 atom stereocenters. The molecule has 2 rings (SSSR count). The molecule has 2 aromatic heterocycles. The Kier molecular flexibility index (Phi) is 4.63. The summed E-state index contributed by atoms with van der Waals surface area (Å²) in [7, 11) is 2.13. The minimum Gasteiger partial charge on any atom is -0.335 e. The zero-order chi connectivity index (χ0) is 14.7. The zero-order valence-corrected chi connectivity index (χ0v) is 13.3. The van der Waals surface area contributed by atoms with E-state index < -0.39 is 0 Å². The third kappa shape index (κ3) is 3.71. The molecule has 2 aromatic rings. The minimum atomic E-state index is 0.552. The van der Waals surface area contributed by atoms with Gasteiger partial charge in [-0.1, -0.05) is 20.8 Å². The summed E-state index contributed by atoms with van der Waals surface area (Å²) in [5.74, 6) is 2.39. The first kappa shape index (κ1) is 14.8. The van der Waals surface area contributed by atoms with Gasteiger partial charge in [0.25, 0.3) is 0 Å². The normalized spacial score (nSPS) is 13.1. The second-order valence-corrected chi connectivity index (χ2v) is 6.37. The minimum absolute atomic E-state index is 0.552. The molecule has 0 saturated heterocycles. The highest BCUT2D eigenvalue weighted by Gasteiger charge is 2.12. The molecule has 0 radical (unpaired) electrons. The molecule has 0 fully saturated rings. The van der Waals surface area contributed by atoms with Crippen LogP contribution in [0.3, 0.4) is 0 Å². The summed E-state index contributed by atoms with van der Waals surface area (Å²) >= 11 is 0. The fourth-order valence-corrected chi connectivity index (χ4v) is 2.54. The summed E-state index contributed by atoms with van der Waals surface area (Å²) in [4.78, 5) is 4.56. The standard InChI is InChI=1S/C16H26N4/c1-12(2)6-16-17-9-15(19(16)5)7-13(3)10-20-11-14(4)8-18-20/h8-9,11-13H,6-7,10H2,1-5H3. The average molecular weight is 274 g/mol. The molecule has 1 unspecified atom stereocenters. The van der Waals surface area contributed by atoms with E-state index in [0.29, 0.717) is 11.8 Å². The number of aromatic nitrogens is 4. The van der Waals surface area contributed by atoms with Gasteiger partial charge in [0, 0.05) is 38.1 Å². The van der Waals surface area contributed by atoms with Crippen LogP contribution in [-0.2, 0) is 26.4 Å². The van der Waals surface area contributed by atoms with Crippen molar-refractivity contribution in [2.75, 3.05) is 0 Å². The van der Waals surface area contributed by atoms with Gasteiger partial charge in [0.05, 0.1) is 6.20 Å². The van der Waals surface area contributed by atoms with E-state index in [-0.39, 0.29) is 0 Å². The van der Waals surface area contributed by atoms with Crippen LogP contribution in [0, 0.1) is 18.8 Å². The van der Waals surface area contributed by atoms with E-state index in [2.05, 4.69) is 55.6 Å². The first-order chi connectivity index (χ1) is 9.45. The number of nitrogens with zero attached hydrogens (tertiary/aromatic N) is 4. The number of imidazole rings is 1. The summed E-state index contributed by atoms with van der Waals surface area (Å²) in [6.45, 7) is 9.77. The predicted molar refractivity (Wildman–Crippen MR) is 81.6 cm³/mol. The van der Waals surface area contributed by atoms with Gasteiger partial charge in [-0.15, -0.1) is 0 Å². The van der Waals surface area contributed by atoms with E-state index in [1.165, 1.54) is 17.1 Å². The molecule has 0 saturated carbocycles. The van der Waals surface area contributed by atoms with Gasteiger partial charge in [0.1, 0.15) is 5.82 Å². The molecule has 0 amide bonds. The Morgan fingerprint density at radius 2 is 1.90 bits per heavy atom. The highest BCUT2D eigenvalue weighted by Crippen LogP contribution is 2.14. The van der Waals surface area contributed by atoms with Crippen molar-refractivity contribution in [3.05, 3.63) is 35.7 Å². The lowest BCUT2D eigenvalue weighted by Gasteiger charge is -2.13. The van der Waals surface area contributed by atoms with Crippen molar-refractivity contribution in [1.29, 1.82) is 0 Å². The summed E-state index contributed by atoms with van der Waals surface area (Å²) in [5.41, 5.74) is 2.54. The molecule has 4 heteroatoms. The molecule has 0 aliphatic heterocycles. The van der Waals surface area contributed by atoms with E-state index in [4.69, 9.17) is 0 Å². The topological polar surface area (TPSA) is 35.6 Å². The number of aryl methyl sites for hydroxylation is 1. The van der Waals surface area contributed by atoms with Crippen molar-refractivity contribution in [2.24, 2.45) is 18.9 Å². The lowest BCUT2D eigenvalue weighted by Crippen LogP contribution is -2.13. The van der Waals surface area contributed by atoms with Gasteiger partial charge in [-0.3, -0.25) is 4.68 Å². The van der Waals surface area contributed by atoms with Gasteiger partial charge >= 0.3 is 0 Å². The van der Waals surface area contributed by atoms with Crippen LogP contribution in [0.1, 0.15) is 37.9 Å². The second kappa shape index (κ2) is 6.25. The Hall–Kier alpha value is -1.58. The van der Waals surface area contributed by atoms with Crippen LogP contribution in [-0.4, -0.2) is 19.3 Å². The quantitative estimate of drug-likeness (QED) is 0.811. The molecule has 20 heavy (non-hydrogen) atoms. The zero-order valence-electron chi connectivity index (χ0n) is 13.3. The summed E-state index contributed by atoms with van der Waals surface area (Å²) in [6, 6.07) is 0. The van der Waals surface area contributed by atoms with Gasteiger partial charge in [-0.05, 0) is 30.7 Å². The molecule has 0 aromatic carbocycles. The Balaban J connectivity index is 1.97. The Labute approximate surface area is 121 Å². The molecule has 0 aliphatic carbocycles. The lowest BCUT2D eigenvalue weighted by atomic mass is 10.1. The smallest absolute Gasteiger partial charge is 0.108 e. The maximum absolute atomic E-state index is 4.56. The highest BCUT2D eigenvalue weighted by molar-refractivity contribution is 5.06. The van der Waals surface area contributed by atoms with E-state index >= 15 is 0 Å². The van der Waals surface area contributed by atoms with Crippen LogP contribution < -0.4 is 0 Å². The van der Waals surface area contributed by atoms with Crippen molar-refractivity contribution in [3.8, 4) is 0 Å². The Bertz CT molecular complexity index is 551. The monoisotopic (exact) mass is 274 g/mol. The highest BCUT2D eigenvalue weighted by atomic mass is 15.3. The summed E-state index contributed by atoms with van der Waals surface area (Å²) in [6.07, 6.45) is 8.13. The second-order valence-electron chi connectivity index (χ2n) is 6.37. The van der Waals surface area contributed by atoms with Crippen molar-refractivity contribution >= 4 is 0 Å². The van der Waals surface area contributed by atoms with Crippen LogP contribution in [0.4, 0.5) is 0 Å². The molecular formula is C16H26N4. The molecule has 110 valence electrons. The van der Waals surface area contributed by atoms with Gasteiger partial charge in [-0.25, -0.2) is 4.98 Å². The van der Waals surface area contributed by atoms with Crippen molar-refractivity contribution < 1.29 is 0 Å². The van der Waals surface area contributed by atoms with Gasteiger partial charge in [0.15, 0.2) is 0 Å². The van der Waals surface area contributed by atoms with E-state index in [1.807, 2.05) is 17.1 Å². The van der Waals surface area contributed by atoms with E-state index in [0.717, 1.165) is 19.4 Å². The van der Waals surface area contributed by atoms with Gasteiger partial charge in [0.2, 0.25) is 0 Å². The molecule has 4 nitrogen and oxygen atoms in total. The predicted octanol–water partition coefficient (Wildman–Crippen LogP) is 3.00. The third-order valence-corrected chi connectivity index (χ3v) is 3.59. The number of hydrogen-bond acceptors (Lipinski definition) is 2.